The average Bonchev–Trinajstić information content (AvgIpc) is 2.82. The Balaban J connectivity index is 2.10. The van der Waals surface area contributed by atoms with E-state index in [2.05, 4.69) is 20.2 Å². The Morgan fingerprint density at radius 1 is 1.56 bits per heavy atom. The summed E-state index contributed by atoms with van der Waals surface area (Å²) in [7, 11) is 0. The van der Waals surface area contributed by atoms with Crippen LogP contribution < -0.4 is 0 Å². The molecule has 2 aromatic rings. The molecule has 1 aliphatic carbocycles. The molecule has 0 atom stereocenters. The zero-order chi connectivity index (χ0) is 11.1. The number of imidazole rings is 1. The second kappa shape index (κ2) is 3.16. The van der Waals surface area contributed by atoms with Gasteiger partial charge in [0, 0.05) is 6.04 Å². The number of carboxylic acids is 1. The van der Waals surface area contributed by atoms with Gasteiger partial charge in [0.15, 0.2) is 11.5 Å². The van der Waals surface area contributed by atoms with Gasteiger partial charge in [-0.3, -0.25) is 0 Å². The molecule has 82 valence electrons. The fourth-order valence-electron chi connectivity index (χ4n) is 1.66. The highest BCUT2D eigenvalue weighted by Crippen LogP contribution is 2.37. The second-order valence-corrected chi connectivity index (χ2v) is 3.72. The molecule has 16 heavy (non-hydrogen) atoms. The average molecular weight is 219 g/mol. The molecule has 0 spiro atoms. The number of carboxylic acid groups (broad SMARTS) is 1. The molecule has 0 aromatic carbocycles. The van der Waals surface area contributed by atoms with Crippen molar-refractivity contribution >= 4 is 5.97 Å². The lowest BCUT2D eigenvalue weighted by Crippen LogP contribution is -2.03. The van der Waals surface area contributed by atoms with Gasteiger partial charge in [0.2, 0.25) is 0 Å². The van der Waals surface area contributed by atoms with Crippen LogP contribution >= 0.6 is 0 Å². The summed E-state index contributed by atoms with van der Waals surface area (Å²) in [5.74, 6) is -0.529. The molecule has 0 aliphatic heterocycles. The van der Waals surface area contributed by atoms with Gasteiger partial charge in [-0.15, -0.1) is 10.2 Å². The Morgan fingerprint density at radius 3 is 3.06 bits per heavy atom. The zero-order valence-electron chi connectivity index (χ0n) is 8.29. The van der Waals surface area contributed by atoms with Crippen molar-refractivity contribution in [3.8, 4) is 11.5 Å². The number of aromatic carboxylic acids is 1. The van der Waals surface area contributed by atoms with Crippen molar-refractivity contribution in [1.29, 1.82) is 0 Å². The van der Waals surface area contributed by atoms with E-state index in [-0.39, 0.29) is 5.69 Å². The minimum Gasteiger partial charge on any atom is -0.477 e. The van der Waals surface area contributed by atoms with Crippen molar-refractivity contribution in [2.75, 3.05) is 0 Å². The molecule has 1 saturated carbocycles. The first-order chi connectivity index (χ1) is 7.77. The van der Waals surface area contributed by atoms with Crippen molar-refractivity contribution in [2.45, 2.75) is 18.9 Å². The van der Waals surface area contributed by atoms with E-state index in [1.165, 1.54) is 6.33 Å². The lowest BCUT2D eigenvalue weighted by molar-refractivity contribution is 0.0692. The summed E-state index contributed by atoms with van der Waals surface area (Å²) in [6, 6.07) is 0.392. The summed E-state index contributed by atoms with van der Waals surface area (Å²) in [5.41, 5.74) is 0.395. The minimum atomic E-state index is -1.04. The molecule has 0 saturated heterocycles. The molecule has 7 heteroatoms. The number of nitrogens with one attached hydrogen (secondary N) is 1. The van der Waals surface area contributed by atoms with E-state index in [1.807, 2.05) is 4.57 Å². The van der Waals surface area contributed by atoms with Gasteiger partial charge in [0.1, 0.15) is 12.0 Å². The fourth-order valence-corrected chi connectivity index (χ4v) is 1.66. The number of carbonyl (C=O) groups is 1. The molecular formula is C9H9N5O2. The molecule has 3 rings (SSSR count). The molecule has 1 fully saturated rings. The number of nitrogens with zero attached hydrogens (tertiary/aromatic N) is 4. The summed E-state index contributed by atoms with van der Waals surface area (Å²) in [5, 5.41) is 16.7. The van der Waals surface area contributed by atoms with Gasteiger partial charge in [-0.25, -0.2) is 9.78 Å². The van der Waals surface area contributed by atoms with Crippen LogP contribution in [0.3, 0.4) is 0 Å². The quantitative estimate of drug-likeness (QED) is 0.792. The van der Waals surface area contributed by atoms with E-state index < -0.39 is 5.97 Å². The summed E-state index contributed by atoms with van der Waals surface area (Å²) in [6.45, 7) is 0. The Morgan fingerprint density at radius 2 is 2.38 bits per heavy atom. The Labute approximate surface area is 90.2 Å². The second-order valence-electron chi connectivity index (χ2n) is 3.72. The van der Waals surface area contributed by atoms with Crippen LogP contribution in [0.2, 0.25) is 0 Å². The highest BCUT2D eigenvalue weighted by molar-refractivity contribution is 5.91. The summed E-state index contributed by atoms with van der Waals surface area (Å²) < 4.78 is 1.88. The molecule has 0 radical (unpaired) electrons. The first-order valence-corrected chi connectivity index (χ1v) is 4.94. The zero-order valence-corrected chi connectivity index (χ0v) is 8.29. The first-order valence-electron chi connectivity index (χ1n) is 4.94. The Hall–Kier alpha value is -2.18. The topological polar surface area (TPSA) is 96.7 Å². The molecule has 0 bridgehead atoms. The van der Waals surface area contributed by atoms with E-state index in [4.69, 9.17) is 5.11 Å². The number of rotatable bonds is 3. The van der Waals surface area contributed by atoms with E-state index in [9.17, 15) is 4.79 Å². The Kier molecular flexibility index (Phi) is 1.79. The number of aromatic amines is 1. The summed E-state index contributed by atoms with van der Waals surface area (Å²) in [6.07, 6.45) is 5.13. The predicted molar refractivity (Wildman–Crippen MR) is 52.8 cm³/mol. The van der Waals surface area contributed by atoms with Gasteiger partial charge < -0.3 is 14.7 Å². The van der Waals surface area contributed by atoms with Crippen molar-refractivity contribution in [1.82, 2.24) is 24.7 Å². The third-order valence-corrected chi connectivity index (χ3v) is 2.58. The standard InChI is InChI=1S/C9H9N5O2/c15-9(16)7-6(10-3-11-7)8-13-12-4-14(8)5-1-2-5/h3-5H,1-2H2,(H,10,11)(H,15,16). The number of aromatic nitrogens is 5. The lowest BCUT2D eigenvalue weighted by Gasteiger charge is -2.02. The van der Waals surface area contributed by atoms with Gasteiger partial charge in [-0.1, -0.05) is 0 Å². The maximum Gasteiger partial charge on any atom is 0.354 e. The van der Waals surface area contributed by atoms with Crippen LogP contribution in [0.15, 0.2) is 12.7 Å². The largest absolute Gasteiger partial charge is 0.477 e. The van der Waals surface area contributed by atoms with Gasteiger partial charge in [0.25, 0.3) is 0 Å². The van der Waals surface area contributed by atoms with Gasteiger partial charge in [-0.2, -0.15) is 0 Å². The number of hydrogen-bond donors (Lipinski definition) is 2. The molecule has 0 amide bonds. The van der Waals surface area contributed by atoms with Crippen molar-refractivity contribution in [3.05, 3.63) is 18.3 Å². The summed E-state index contributed by atoms with van der Waals surface area (Å²) >= 11 is 0. The first kappa shape index (κ1) is 9.08. The van der Waals surface area contributed by atoms with Gasteiger partial charge in [0.05, 0.1) is 6.33 Å². The molecule has 1 aliphatic rings. The fraction of sp³-hybridized carbons (Fsp3) is 0.333. The van der Waals surface area contributed by atoms with Crippen molar-refractivity contribution in [3.63, 3.8) is 0 Å². The van der Waals surface area contributed by atoms with Crippen LogP contribution in [0.25, 0.3) is 11.5 Å². The highest BCUT2D eigenvalue weighted by atomic mass is 16.4. The normalized spacial score (nSPS) is 15.2. The monoisotopic (exact) mass is 219 g/mol. The van der Waals surface area contributed by atoms with Crippen molar-refractivity contribution < 1.29 is 9.90 Å². The third-order valence-electron chi connectivity index (χ3n) is 2.58. The molecule has 2 heterocycles. The predicted octanol–water partition coefficient (Wildman–Crippen LogP) is 0.701. The van der Waals surface area contributed by atoms with Crippen LogP contribution in [0.5, 0.6) is 0 Å². The number of H-pyrrole nitrogens is 1. The molecule has 2 N–H and O–H groups in total. The van der Waals surface area contributed by atoms with Gasteiger partial charge >= 0.3 is 5.97 Å². The van der Waals surface area contributed by atoms with Crippen LogP contribution in [0.1, 0.15) is 29.4 Å². The Bertz CT molecular complexity index is 540. The molecule has 2 aromatic heterocycles. The lowest BCUT2D eigenvalue weighted by atomic mass is 10.3. The highest BCUT2D eigenvalue weighted by Gasteiger charge is 2.29. The smallest absolute Gasteiger partial charge is 0.354 e. The van der Waals surface area contributed by atoms with E-state index in [0.29, 0.717) is 17.6 Å². The van der Waals surface area contributed by atoms with Crippen molar-refractivity contribution in [2.24, 2.45) is 0 Å². The maximum atomic E-state index is 10.9. The van der Waals surface area contributed by atoms with E-state index >= 15 is 0 Å². The van der Waals surface area contributed by atoms with Gasteiger partial charge in [-0.05, 0) is 12.8 Å². The van der Waals surface area contributed by atoms with Crippen LogP contribution in [0, 0.1) is 0 Å². The van der Waals surface area contributed by atoms with Crippen LogP contribution in [-0.4, -0.2) is 35.8 Å². The summed E-state index contributed by atoms with van der Waals surface area (Å²) in [4.78, 5) is 17.5. The van der Waals surface area contributed by atoms with Crippen LogP contribution in [0.4, 0.5) is 0 Å². The molecular weight excluding hydrogens is 210 g/mol. The van der Waals surface area contributed by atoms with Crippen LogP contribution in [-0.2, 0) is 0 Å². The molecule has 0 unspecified atom stereocenters. The van der Waals surface area contributed by atoms with E-state index in [1.54, 1.807) is 6.33 Å². The third kappa shape index (κ3) is 1.28. The molecule has 7 nitrogen and oxygen atoms in total. The maximum absolute atomic E-state index is 10.9. The van der Waals surface area contributed by atoms with E-state index in [0.717, 1.165) is 12.8 Å². The SMILES string of the molecule is O=C(O)c1[nH]cnc1-c1nncn1C1CC1. The number of hydrogen-bond acceptors (Lipinski definition) is 4. The minimum absolute atomic E-state index is 0.0508.